The summed E-state index contributed by atoms with van der Waals surface area (Å²) in [4.78, 5) is 14.1. The number of hydrogen-bond donors (Lipinski definition) is 1. The summed E-state index contributed by atoms with van der Waals surface area (Å²) in [5, 5.41) is 4.06. The molecule has 1 aromatic rings. The van der Waals surface area contributed by atoms with Gasteiger partial charge in [0.15, 0.2) is 0 Å². The van der Waals surface area contributed by atoms with Crippen molar-refractivity contribution in [2.24, 2.45) is 5.92 Å². The Morgan fingerprint density at radius 3 is 2.61 bits per heavy atom. The van der Waals surface area contributed by atoms with Crippen LogP contribution in [0.15, 0.2) is 18.2 Å². The molecule has 4 heteroatoms. The smallest absolute Gasteiger partial charge is 0.137 e. The van der Waals surface area contributed by atoms with Crippen LogP contribution in [0, 0.1) is 5.92 Å². The summed E-state index contributed by atoms with van der Waals surface area (Å²) in [6.07, 6.45) is 7.31. The van der Waals surface area contributed by atoms with E-state index in [1.165, 1.54) is 37.7 Å². The number of likely N-dealkylation sites (N-methyl/N-ethyl adjacent to an activating group) is 1. The standard InChI is InChI=1S/C19H27ClN2O/c1-13-17(12-23)22(3)19(9-5-4-6-10-19)18(13)15-8-7-14(20)11-16(15)21-2/h7-8,11-13,17-18,21H,4-6,9-10H2,1-3H3. The highest BCUT2D eigenvalue weighted by molar-refractivity contribution is 6.30. The molecular weight excluding hydrogens is 308 g/mol. The van der Waals surface area contributed by atoms with E-state index in [9.17, 15) is 4.79 Å². The van der Waals surface area contributed by atoms with Gasteiger partial charge in [-0.25, -0.2) is 0 Å². The molecule has 2 fully saturated rings. The van der Waals surface area contributed by atoms with Crippen LogP contribution in [0.2, 0.25) is 5.02 Å². The maximum Gasteiger partial charge on any atom is 0.137 e. The number of nitrogens with one attached hydrogen (secondary N) is 1. The van der Waals surface area contributed by atoms with Gasteiger partial charge in [0.05, 0.1) is 6.04 Å². The van der Waals surface area contributed by atoms with Crippen LogP contribution in [0.5, 0.6) is 0 Å². The number of likely N-dealkylation sites (tertiary alicyclic amines) is 1. The van der Waals surface area contributed by atoms with Crippen LogP contribution in [0.25, 0.3) is 0 Å². The van der Waals surface area contributed by atoms with Gasteiger partial charge in [0.2, 0.25) is 0 Å². The summed E-state index contributed by atoms with van der Waals surface area (Å²) in [5.74, 6) is 0.673. The highest BCUT2D eigenvalue weighted by Gasteiger charge is 2.56. The van der Waals surface area contributed by atoms with E-state index in [-0.39, 0.29) is 11.6 Å². The highest BCUT2D eigenvalue weighted by Crippen LogP contribution is 2.55. The first-order valence-corrected chi connectivity index (χ1v) is 9.08. The monoisotopic (exact) mass is 334 g/mol. The first-order valence-electron chi connectivity index (χ1n) is 8.70. The van der Waals surface area contributed by atoms with Crippen molar-refractivity contribution in [2.75, 3.05) is 19.4 Å². The Kier molecular flexibility index (Phi) is 4.70. The van der Waals surface area contributed by atoms with Crippen LogP contribution >= 0.6 is 11.6 Å². The Hall–Kier alpha value is -1.06. The van der Waals surface area contributed by atoms with E-state index in [4.69, 9.17) is 11.6 Å². The average molecular weight is 335 g/mol. The van der Waals surface area contributed by atoms with Gasteiger partial charge in [-0.2, -0.15) is 0 Å². The van der Waals surface area contributed by atoms with Crippen LogP contribution in [0.1, 0.15) is 50.5 Å². The molecule has 23 heavy (non-hydrogen) atoms. The summed E-state index contributed by atoms with van der Waals surface area (Å²) < 4.78 is 0. The van der Waals surface area contributed by atoms with Gasteiger partial charge in [0.25, 0.3) is 0 Å². The Morgan fingerprint density at radius 1 is 1.30 bits per heavy atom. The number of aldehydes is 1. The van der Waals surface area contributed by atoms with Crippen LogP contribution in [0.4, 0.5) is 5.69 Å². The molecule has 3 nitrogen and oxygen atoms in total. The third-order valence-corrected chi connectivity index (χ3v) is 6.51. The fraction of sp³-hybridized carbons (Fsp3) is 0.632. The third-order valence-electron chi connectivity index (χ3n) is 6.27. The molecule has 2 aliphatic rings. The van der Waals surface area contributed by atoms with Crippen LogP contribution in [0.3, 0.4) is 0 Å². The minimum absolute atomic E-state index is 0.00140. The first kappa shape index (κ1) is 16.8. The lowest BCUT2D eigenvalue weighted by molar-refractivity contribution is -0.113. The van der Waals surface area contributed by atoms with Crippen molar-refractivity contribution in [3.63, 3.8) is 0 Å². The average Bonchev–Trinajstić information content (AvgIpc) is 2.76. The molecular formula is C19H27ClN2O. The molecule has 1 aliphatic heterocycles. The summed E-state index contributed by atoms with van der Waals surface area (Å²) >= 11 is 6.19. The molecule has 1 spiro atoms. The van der Waals surface area contributed by atoms with Crippen molar-refractivity contribution in [3.05, 3.63) is 28.8 Å². The lowest BCUT2D eigenvalue weighted by Crippen LogP contribution is -2.49. The number of nitrogens with zero attached hydrogens (tertiary/aromatic N) is 1. The molecule has 1 N–H and O–H groups in total. The zero-order chi connectivity index (χ0) is 16.6. The molecule has 1 aromatic carbocycles. The zero-order valence-corrected chi connectivity index (χ0v) is 15.1. The van der Waals surface area contributed by atoms with E-state index in [0.29, 0.717) is 11.8 Å². The molecule has 3 atom stereocenters. The van der Waals surface area contributed by atoms with Crippen molar-refractivity contribution in [2.45, 2.75) is 56.5 Å². The molecule has 0 radical (unpaired) electrons. The zero-order valence-electron chi connectivity index (χ0n) is 14.3. The Labute approximate surface area is 144 Å². The van der Waals surface area contributed by atoms with Gasteiger partial charge in [-0.1, -0.05) is 43.9 Å². The fourth-order valence-corrected chi connectivity index (χ4v) is 5.36. The molecule has 1 heterocycles. The molecule has 1 aliphatic carbocycles. The van der Waals surface area contributed by atoms with E-state index in [1.54, 1.807) is 0 Å². The number of rotatable bonds is 3. The van der Waals surface area contributed by atoms with Crippen molar-refractivity contribution in [3.8, 4) is 0 Å². The van der Waals surface area contributed by atoms with Crippen molar-refractivity contribution < 1.29 is 4.79 Å². The number of anilines is 1. The second-order valence-electron chi connectivity index (χ2n) is 7.22. The second-order valence-corrected chi connectivity index (χ2v) is 7.66. The SMILES string of the molecule is CNc1cc(Cl)ccc1C1C(C)C(C=O)N(C)C12CCCCC2. The van der Waals surface area contributed by atoms with Crippen LogP contribution in [-0.4, -0.2) is 36.9 Å². The quantitative estimate of drug-likeness (QED) is 0.836. The van der Waals surface area contributed by atoms with E-state index < -0.39 is 0 Å². The Morgan fingerprint density at radius 2 is 2.00 bits per heavy atom. The number of halogens is 1. The first-order chi connectivity index (χ1) is 11.0. The van der Waals surface area contributed by atoms with E-state index in [0.717, 1.165) is 17.0 Å². The minimum Gasteiger partial charge on any atom is -0.388 e. The molecule has 1 saturated carbocycles. The summed E-state index contributed by atoms with van der Waals surface area (Å²) in [6, 6.07) is 6.15. The van der Waals surface area contributed by atoms with E-state index in [1.807, 2.05) is 19.2 Å². The predicted molar refractivity (Wildman–Crippen MR) is 96.3 cm³/mol. The summed E-state index contributed by atoms with van der Waals surface area (Å²) in [5.41, 5.74) is 2.50. The topological polar surface area (TPSA) is 32.3 Å². The molecule has 0 bridgehead atoms. The van der Waals surface area contributed by atoms with Gasteiger partial charge in [0, 0.05) is 29.2 Å². The van der Waals surface area contributed by atoms with Gasteiger partial charge in [-0.15, -0.1) is 0 Å². The Bertz CT molecular complexity index is 583. The maximum absolute atomic E-state index is 11.8. The van der Waals surface area contributed by atoms with E-state index in [2.05, 4.69) is 30.3 Å². The molecule has 0 aromatic heterocycles. The van der Waals surface area contributed by atoms with Crippen molar-refractivity contribution >= 4 is 23.6 Å². The summed E-state index contributed by atoms with van der Waals surface area (Å²) in [6.45, 7) is 2.23. The second kappa shape index (κ2) is 6.45. The van der Waals surface area contributed by atoms with Crippen molar-refractivity contribution in [1.82, 2.24) is 4.90 Å². The van der Waals surface area contributed by atoms with Crippen LogP contribution in [-0.2, 0) is 4.79 Å². The van der Waals surface area contributed by atoms with Gasteiger partial charge >= 0.3 is 0 Å². The van der Waals surface area contributed by atoms with Gasteiger partial charge in [-0.05, 0) is 43.5 Å². The lowest BCUT2D eigenvalue weighted by Gasteiger charge is -2.45. The lowest BCUT2D eigenvalue weighted by atomic mass is 9.68. The number of hydrogen-bond acceptors (Lipinski definition) is 3. The normalized spacial score (nSPS) is 30.5. The van der Waals surface area contributed by atoms with Crippen LogP contribution < -0.4 is 5.32 Å². The molecule has 3 rings (SSSR count). The Balaban J connectivity index is 2.12. The molecule has 1 saturated heterocycles. The van der Waals surface area contributed by atoms with E-state index >= 15 is 0 Å². The number of carbonyl (C=O) groups excluding carboxylic acids is 1. The molecule has 3 unspecified atom stereocenters. The fourth-order valence-electron chi connectivity index (χ4n) is 5.19. The minimum atomic E-state index is -0.00140. The van der Waals surface area contributed by atoms with Gasteiger partial charge in [-0.3, -0.25) is 4.90 Å². The number of carbonyl (C=O) groups is 1. The largest absolute Gasteiger partial charge is 0.388 e. The molecule has 0 amide bonds. The van der Waals surface area contributed by atoms with Crippen molar-refractivity contribution in [1.29, 1.82) is 0 Å². The third kappa shape index (κ3) is 2.58. The molecule has 126 valence electrons. The summed E-state index contributed by atoms with van der Waals surface area (Å²) in [7, 11) is 4.10. The highest BCUT2D eigenvalue weighted by atomic mass is 35.5. The van der Waals surface area contributed by atoms with Gasteiger partial charge < -0.3 is 10.1 Å². The number of benzene rings is 1. The van der Waals surface area contributed by atoms with Gasteiger partial charge in [0.1, 0.15) is 6.29 Å². The maximum atomic E-state index is 11.8. The predicted octanol–water partition coefficient (Wildman–Crippen LogP) is 4.32.